The molecule has 0 aliphatic rings. The van der Waals surface area contributed by atoms with Crippen LogP contribution in [0, 0.1) is 0 Å². The van der Waals surface area contributed by atoms with Crippen molar-refractivity contribution >= 4 is 10.1 Å². The molecule has 0 saturated carbocycles. The van der Waals surface area contributed by atoms with E-state index in [0.717, 1.165) is 0 Å². The molecular formula is C9H12NaO4S+. The fourth-order valence-corrected chi connectivity index (χ4v) is 1.85. The van der Waals surface area contributed by atoms with Gasteiger partial charge in [0.25, 0.3) is 10.1 Å². The van der Waals surface area contributed by atoms with Gasteiger partial charge in [-0.05, 0) is 5.56 Å². The van der Waals surface area contributed by atoms with Gasteiger partial charge in [-0.3, -0.25) is 4.55 Å². The molecule has 4 nitrogen and oxygen atoms in total. The van der Waals surface area contributed by atoms with E-state index in [1.807, 2.05) is 0 Å². The van der Waals surface area contributed by atoms with Crippen LogP contribution >= 0.6 is 0 Å². The zero-order valence-corrected chi connectivity index (χ0v) is 11.5. The normalized spacial score (nSPS) is 15.1. The van der Waals surface area contributed by atoms with Crippen LogP contribution in [0.2, 0.25) is 0 Å². The van der Waals surface area contributed by atoms with Gasteiger partial charge in [-0.25, -0.2) is 0 Å². The van der Waals surface area contributed by atoms with Crippen molar-refractivity contribution in [3.05, 3.63) is 35.9 Å². The molecule has 0 amide bonds. The molecule has 2 N–H and O–H groups in total. The van der Waals surface area contributed by atoms with Gasteiger partial charge >= 0.3 is 29.6 Å². The molecule has 0 saturated heterocycles. The predicted molar refractivity (Wildman–Crippen MR) is 52.4 cm³/mol. The van der Waals surface area contributed by atoms with Crippen LogP contribution in [0.1, 0.15) is 18.4 Å². The largest absolute Gasteiger partial charge is 1.00 e. The molecule has 1 aromatic carbocycles. The topological polar surface area (TPSA) is 74.6 Å². The molecule has 2 unspecified atom stereocenters. The summed E-state index contributed by atoms with van der Waals surface area (Å²) >= 11 is 0. The van der Waals surface area contributed by atoms with Crippen molar-refractivity contribution in [1.29, 1.82) is 0 Å². The van der Waals surface area contributed by atoms with E-state index in [9.17, 15) is 13.5 Å². The fraction of sp³-hybridized carbons (Fsp3) is 0.333. The van der Waals surface area contributed by atoms with Crippen LogP contribution in [0.15, 0.2) is 30.3 Å². The second-order valence-corrected chi connectivity index (χ2v) is 4.62. The van der Waals surface area contributed by atoms with Crippen LogP contribution in [-0.4, -0.2) is 23.5 Å². The maximum Gasteiger partial charge on any atom is 1.00 e. The Labute approximate surface area is 111 Å². The molecule has 78 valence electrons. The van der Waals surface area contributed by atoms with Gasteiger partial charge < -0.3 is 5.11 Å². The van der Waals surface area contributed by atoms with Gasteiger partial charge in [0.15, 0.2) is 5.44 Å². The van der Waals surface area contributed by atoms with E-state index < -0.39 is 21.5 Å². The molecule has 0 bridgehead atoms. The molecule has 1 rings (SSSR count). The van der Waals surface area contributed by atoms with Crippen LogP contribution in [0.5, 0.6) is 0 Å². The summed E-state index contributed by atoms with van der Waals surface area (Å²) in [5, 5.41) is 9.27. The van der Waals surface area contributed by atoms with Crippen molar-refractivity contribution in [2.24, 2.45) is 0 Å². The number of rotatable bonds is 3. The Bertz CT molecular complexity index is 390. The molecule has 0 fully saturated rings. The van der Waals surface area contributed by atoms with Crippen LogP contribution in [0.25, 0.3) is 0 Å². The number of hydrogen-bond acceptors (Lipinski definition) is 3. The van der Waals surface area contributed by atoms with Crippen molar-refractivity contribution in [3.8, 4) is 0 Å². The smallest absolute Gasteiger partial charge is 0.375 e. The third-order valence-corrected chi connectivity index (χ3v) is 3.08. The Morgan fingerprint density at radius 1 is 1.20 bits per heavy atom. The first-order valence-corrected chi connectivity index (χ1v) is 5.62. The number of benzene rings is 1. The summed E-state index contributed by atoms with van der Waals surface area (Å²) in [6.07, 6.45) is 0. The van der Waals surface area contributed by atoms with Crippen molar-refractivity contribution in [2.45, 2.75) is 18.3 Å². The number of aliphatic hydroxyl groups excluding tert-OH is 1. The monoisotopic (exact) mass is 239 g/mol. The van der Waals surface area contributed by atoms with E-state index >= 15 is 0 Å². The van der Waals surface area contributed by atoms with Gasteiger partial charge in [-0.1, -0.05) is 37.3 Å². The van der Waals surface area contributed by atoms with E-state index in [0.29, 0.717) is 5.56 Å². The van der Waals surface area contributed by atoms with E-state index in [4.69, 9.17) is 4.55 Å². The summed E-state index contributed by atoms with van der Waals surface area (Å²) in [5.74, 6) is -0.647. The van der Waals surface area contributed by atoms with Crippen molar-refractivity contribution in [3.63, 3.8) is 0 Å². The van der Waals surface area contributed by atoms with E-state index in [1.54, 1.807) is 30.3 Å². The molecule has 0 spiro atoms. The molecule has 0 aromatic heterocycles. The van der Waals surface area contributed by atoms with Crippen LogP contribution in [0.3, 0.4) is 0 Å². The SMILES string of the molecule is CC(c1ccccc1)C(O)S(=O)(=O)O.[Na+]. The van der Waals surface area contributed by atoms with Crippen LogP contribution in [0.4, 0.5) is 0 Å². The first kappa shape index (κ1) is 15.1. The van der Waals surface area contributed by atoms with E-state index in [-0.39, 0.29) is 29.6 Å². The zero-order chi connectivity index (χ0) is 10.8. The van der Waals surface area contributed by atoms with E-state index in [2.05, 4.69) is 0 Å². The van der Waals surface area contributed by atoms with Gasteiger partial charge in [-0.2, -0.15) is 8.42 Å². The van der Waals surface area contributed by atoms with Gasteiger partial charge in [-0.15, -0.1) is 0 Å². The maximum absolute atomic E-state index is 10.7. The Kier molecular flexibility index (Phi) is 6.02. The fourth-order valence-electron chi connectivity index (χ4n) is 1.18. The Morgan fingerprint density at radius 2 is 1.67 bits per heavy atom. The van der Waals surface area contributed by atoms with Crippen molar-refractivity contribution in [1.82, 2.24) is 0 Å². The summed E-state index contributed by atoms with van der Waals surface area (Å²) in [4.78, 5) is 0. The van der Waals surface area contributed by atoms with Crippen molar-refractivity contribution < 1.29 is 47.6 Å². The first-order chi connectivity index (χ1) is 6.43. The number of aliphatic hydroxyl groups is 1. The maximum atomic E-state index is 10.7. The summed E-state index contributed by atoms with van der Waals surface area (Å²) in [5.41, 5.74) is -1.11. The second kappa shape index (κ2) is 5.98. The van der Waals surface area contributed by atoms with E-state index in [1.165, 1.54) is 6.92 Å². The zero-order valence-electron chi connectivity index (χ0n) is 8.66. The third-order valence-electron chi connectivity index (χ3n) is 2.06. The molecule has 6 heteroatoms. The Morgan fingerprint density at radius 3 is 2.07 bits per heavy atom. The standard InChI is InChI=1S/C9H12O4S.Na/c1-7(9(10)14(11,12)13)8-5-3-2-4-6-8;/h2-7,9-10H,1H3,(H,11,12,13);/q;+1. The summed E-state index contributed by atoms with van der Waals surface area (Å²) in [6, 6.07) is 8.65. The molecule has 0 aliphatic carbocycles. The molecule has 15 heavy (non-hydrogen) atoms. The van der Waals surface area contributed by atoms with Crippen LogP contribution in [-0.2, 0) is 10.1 Å². The summed E-state index contributed by atoms with van der Waals surface area (Å²) < 4.78 is 29.9. The Hall–Kier alpha value is 0.0900. The number of hydrogen-bond donors (Lipinski definition) is 2. The summed E-state index contributed by atoms with van der Waals surface area (Å²) in [7, 11) is -4.39. The molecule has 0 aliphatic heterocycles. The molecule has 2 atom stereocenters. The molecular weight excluding hydrogens is 227 g/mol. The average Bonchev–Trinajstić information content (AvgIpc) is 2.15. The minimum Gasteiger partial charge on any atom is -0.375 e. The quantitative estimate of drug-likeness (QED) is 0.472. The Balaban J connectivity index is 0.00000196. The van der Waals surface area contributed by atoms with Gasteiger partial charge in [0.2, 0.25) is 0 Å². The third kappa shape index (κ3) is 4.22. The minimum atomic E-state index is -4.39. The first-order valence-electron chi connectivity index (χ1n) is 4.12. The van der Waals surface area contributed by atoms with Crippen LogP contribution < -0.4 is 29.6 Å². The van der Waals surface area contributed by atoms with Crippen molar-refractivity contribution in [2.75, 3.05) is 0 Å². The molecule has 1 aromatic rings. The summed E-state index contributed by atoms with van der Waals surface area (Å²) in [6.45, 7) is 1.54. The minimum absolute atomic E-state index is 0. The molecule has 0 radical (unpaired) electrons. The average molecular weight is 239 g/mol. The van der Waals surface area contributed by atoms with Gasteiger partial charge in [0.05, 0.1) is 0 Å². The van der Waals surface area contributed by atoms with Gasteiger partial charge in [0.1, 0.15) is 0 Å². The van der Waals surface area contributed by atoms with Gasteiger partial charge in [0, 0.05) is 5.92 Å². The second-order valence-electron chi connectivity index (χ2n) is 3.10. The predicted octanol–water partition coefficient (Wildman–Crippen LogP) is -2.00. The molecule has 0 heterocycles.